The van der Waals surface area contributed by atoms with Gasteiger partial charge in [-0.05, 0) is 25.7 Å². The molecule has 2 bridgehead atoms. The zero-order valence-corrected chi connectivity index (χ0v) is 14.5. The fraction of sp³-hybridized carbons (Fsp3) is 0.824. The summed E-state index contributed by atoms with van der Waals surface area (Å²) in [6, 6.07) is 0.598. The molecule has 0 aliphatic carbocycles. The third-order valence-electron chi connectivity index (χ3n) is 5.45. The Kier molecular flexibility index (Phi) is 4.99. The molecule has 2 aliphatic heterocycles. The van der Waals surface area contributed by atoms with Crippen molar-refractivity contribution in [3.8, 4) is 0 Å². The number of hydrogen-bond donors (Lipinski definition) is 0. The highest BCUT2D eigenvalue weighted by Crippen LogP contribution is 2.33. The van der Waals surface area contributed by atoms with Crippen molar-refractivity contribution < 1.29 is 9.53 Å². The minimum absolute atomic E-state index is 0.162. The van der Waals surface area contributed by atoms with E-state index in [0.717, 1.165) is 56.7 Å². The van der Waals surface area contributed by atoms with Crippen LogP contribution in [0.2, 0.25) is 0 Å². The lowest BCUT2D eigenvalue weighted by molar-refractivity contribution is -0.138. The van der Waals surface area contributed by atoms with Crippen molar-refractivity contribution in [2.75, 3.05) is 13.7 Å². The molecule has 128 valence electrons. The molecule has 23 heavy (non-hydrogen) atoms. The molecule has 0 spiro atoms. The van der Waals surface area contributed by atoms with Crippen molar-refractivity contribution in [1.29, 1.82) is 0 Å². The van der Waals surface area contributed by atoms with Gasteiger partial charge >= 0.3 is 0 Å². The lowest BCUT2D eigenvalue weighted by Gasteiger charge is -2.31. The van der Waals surface area contributed by atoms with Gasteiger partial charge < -0.3 is 14.2 Å². The van der Waals surface area contributed by atoms with Crippen LogP contribution >= 0.6 is 0 Å². The first-order chi connectivity index (χ1) is 11.2. The van der Waals surface area contributed by atoms with Gasteiger partial charge in [-0.3, -0.25) is 4.79 Å². The number of carbonyl (C=O) groups is 1. The summed E-state index contributed by atoms with van der Waals surface area (Å²) in [5.41, 5.74) is 0. The highest BCUT2D eigenvalue weighted by atomic mass is 16.5. The molecule has 0 N–H and O–H groups in total. The van der Waals surface area contributed by atoms with Crippen LogP contribution in [0.5, 0.6) is 0 Å². The maximum Gasteiger partial charge on any atom is 0.226 e. The quantitative estimate of drug-likeness (QED) is 0.802. The second-order valence-electron chi connectivity index (χ2n) is 6.73. The van der Waals surface area contributed by atoms with Gasteiger partial charge in [0.1, 0.15) is 11.6 Å². The van der Waals surface area contributed by atoms with E-state index in [1.807, 2.05) is 0 Å². The Bertz CT molecular complexity index is 553. The Morgan fingerprint density at radius 2 is 2.00 bits per heavy atom. The standard InChI is InChI=1S/C17H28N4O2/c1-4-12(5-2)17(22)21-13-6-7-14(21)11-20-15(8-9-23-3)18-19-16(20)10-13/h12-14H,4-11H2,1-3H3/t13-,14+/m0/s1. The monoisotopic (exact) mass is 320 g/mol. The molecule has 1 amide bonds. The molecule has 1 aromatic rings. The molecule has 6 nitrogen and oxygen atoms in total. The van der Waals surface area contributed by atoms with Gasteiger partial charge in [-0.2, -0.15) is 0 Å². The second kappa shape index (κ2) is 6.99. The Labute approximate surface area is 138 Å². The zero-order valence-electron chi connectivity index (χ0n) is 14.5. The van der Waals surface area contributed by atoms with E-state index >= 15 is 0 Å². The molecular formula is C17H28N4O2. The van der Waals surface area contributed by atoms with Crippen LogP contribution in [0.15, 0.2) is 0 Å². The van der Waals surface area contributed by atoms with Crippen LogP contribution in [0.1, 0.15) is 51.2 Å². The zero-order chi connectivity index (χ0) is 16.4. The minimum atomic E-state index is 0.162. The third-order valence-corrected chi connectivity index (χ3v) is 5.45. The largest absolute Gasteiger partial charge is 0.384 e. The first-order valence-corrected chi connectivity index (χ1v) is 8.91. The number of hydrogen-bond acceptors (Lipinski definition) is 4. The van der Waals surface area contributed by atoms with E-state index in [2.05, 4.69) is 33.5 Å². The number of fused-ring (bicyclic) bond motifs is 3. The Hall–Kier alpha value is -1.43. The summed E-state index contributed by atoms with van der Waals surface area (Å²) in [7, 11) is 1.71. The Morgan fingerprint density at radius 1 is 1.26 bits per heavy atom. The fourth-order valence-corrected chi connectivity index (χ4v) is 4.08. The topological polar surface area (TPSA) is 60.3 Å². The molecule has 0 unspecified atom stereocenters. The number of amides is 1. The molecule has 1 aromatic heterocycles. The van der Waals surface area contributed by atoms with Crippen LogP contribution in [0, 0.1) is 5.92 Å². The lowest BCUT2D eigenvalue weighted by atomic mass is 10.0. The van der Waals surface area contributed by atoms with Crippen molar-refractivity contribution in [3.05, 3.63) is 11.6 Å². The maximum atomic E-state index is 13.0. The molecule has 6 heteroatoms. The number of nitrogens with zero attached hydrogens (tertiary/aromatic N) is 4. The Balaban J connectivity index is 1.82. The van der Waals surface area contributed by atoms with Gasteiger partial charge in [0.25, 0.3) is 0 Å². The predicted octanol–water partition coefficient (Wildman–Crippen LogP) is 1.82. The van der Waals surface area contributed by atoms with E-state index in [1.54, 1.807) is 7.11 Å². The van der Waals surface area contributed by atoms with Crippen LogP contribution in [-0.2, 0) is 28.9 Å². The summed E-state index contributed by atoms with van der Waals surface area (Å²) in [6.45, 7) is 5.72. The van der Waals surface area contributed by atoms with E-state index in [4.69, 9.17) is 4.74 Å². The lowest BCUT2D eigenvalue weighted by Crippen LogP contribution is -2.45. The van der Waals surface area contributed by atoms with Gasteiger partial charge in [-0.15, -0.1) is 10.2 Å². The second-order valence-corrected chi connectivity index (χ2v) is 6.73. The highest BCUT2D eigenvalue weighted by molar-refractivity contribution is 5.79. The highest BCUT2D eigenvalue weighted by Gasteiger charge is 2.42. The summed E-state index contributed by atoms with van der Waals surface area (Å²) in [6.07, 6.45) is 5.66. The fourth-order valence-electron chi connectivity index (χ4n) is 4.08. The average molecular weight is 320 g/mol. The molecule has 3 heterocycles. The van der Waals surface area contributed by atoms with Crippen LogP contribution in [0.4, 0.5) is 0 Å². The number of aromatic nitrogens is 3. The van der Waals surface area contributed by atoms with Crippen LogP contribution in [0.25, 0.3) is 0 Å². The SMILES string of the molecule is CCC(CC)C(=O)N1[C@@H]2CC[C@H]1Cc1nnc(CCOC)n1C2. The summed E-state index contributed by atoms with van der Waals surface area (Å²) in [5.74, 6) is 2.53. The van der Waals surface area contributed by atoms with E-state index in [1.165, 1.54) is 0 Å². The Morgan fingerprint density at radius 3 is 2.70 bits per heavy atom. The van der Waals surface area contributed by atoms with E-state index in [9.17, 15) is 4.79 Å². The molecule has 2 atom stereocenters. The molecule has 0 radical (unpaired) electrons. The van der Waals surface area contributed by atoms with Crippen molar-refractivity contribution in [3.63, 3.8) is 0 Å². The van der Waals surface area contributed by atoms with Crippen molar-refractivity contribution >= 4 is 5.91 Å². The maximum absolute atomic E-state index is 13.0. The van der Waals surface area contributed by atoms with Gasteiger partial charge in [-0.1, -0.05) is 13.8 Å². The first kappa shape index (κ1) is 16.4. The van der Waals surface area contributed by atoms with Crippen molar-refractivity contribution in [2.45, 2.75) is 71.0 Å². The van der Waals surface area contributed by atoms with Crippen molar-refractivity contribution in [1.82, 2.24) is 19.7 Å². The third kappa shape index (κ3) is 3.01. The van der Waals surface area contributed by atoms with Gasteiger partial charge in [0.05, 0.1) is 12.6 Å². The first-order valence-electron chi connectivity index (χ1n) is 8.91. The van der Waals surface area contributed by atoms with Crippen molar-refractivity contribution in [2.24, 2.45) is 5.92 Å². The molecule has 2 aliphatic rings. The average Bonchev–Trinajstić information content (AvgIpc) is 3.06. The van der Waals surface area contributed by atoms with E-state index in [0.29, 0.717) is 24.6 Å². The summed E-state index contributed by atoms with van der Waals surface area (Å²) < 4.78 is 7.41. The summed E-state index contributed by atoms with van der Waals surface area (Å²) in [4.78, 5) is 15.2. The van der Waals surface area contributed by atoms with Crippen LogP contribution < -0.4 is 0 Å². The molecule has 1 saturated heterocycles. The van der Waals surface area contributed by atoms with Gasteiger partial charge in [0.2, 0.25) is 5.91 Å². The summed E-state index contributed by atoms with van der Waals surface area (Å²) >= 11 is 0. The molecular weight excluding hydrogens is 292 g/mol. The predicted molar refractivity (Wildman–Crippen MR) is 87.0 cm³/mol. The van der Waals surface area contributed by atoms with Gasteiger partial charge in [-0.25, -0.2) is 0 Å². The number of carbonyl (C=O) groups excluding carboxylic acids is 1. The normalized spacial score (nSPS) is 23.2. The number of ether oxygens (including phenoxy) is 1. The molecule has 0 saturated carbocycles. The van der Waals surface area contributed by atoms with E-state index in [-0.39, 0.29) is 5.92 Å². The van der Waals surface area contributed by atoms with Crippen LogP contribution in [-0.4, -0.2) is 51.4 Å². The van der Waals surface area contributed by atoms with Gasteiger partial charge in [0.15, 0.2) is 0 Å². The van der Waals surface area contributed by atoms with Crippen LogP contribution in [0.3, 0.4) is 0 Å². The number of rotatable bonds is 6. The smallest absolute Gasteiger partial charge is 0.226 e. The summed E-state index contributed by atoms with van der Waals surface area (Å²) in [5, 5.41) is 8.73. The minimum Gasteiger partial charge on any atom is -0.384 e. The van der Waals surface area contributed by atoms with Gasteiger partial charge in [0, 0.05) is 38.5 Å². The molecule has 1 fully saturated rings. The molecule has 3 rings (SSSR count). The number of methoxy groups -OCH3 is 1. The molecule has 0 aromatic carbocycles. The van der Waals surface area contributed by atoms with E-state index < -0.39 is 0 Å².